The third-order valence-electron chi connectivity index (χ3n) is 2.48. The van der Waals surface area contributed by atoms with Gasteiger partial charge in [-0.1, -0.05) is 6.07 Å². The highest BCUT2D eigenvalue weighted by Crippen LogP contribution is 2.07. The zero-order valence-electron chi connectivity index (χ0n) is 11.0. The van der Waals surface area contributed by atoms with E-state index in [1.807, 2.05) is 6.07 Å². The van der Waals surface area contributed by atoms with Crippen molar-refractivity contribution in [3.05, 3.63) is 30.1 Å². The molecule has 0 saturated heterocycles. The van der Waals surface area contributed by atoms with E-state index in [4.69, 9.17) is 9.47 Å². The van der Waals surface area contributed by atoms with Gasteiger partial charge in [-0.25, -0.2) is 4.98 Å². The molecule has 7 nitrogen and oxygen atoms in total. The molecule has 0 bridgehead atoms. The van der Waals surface area contributed by atoms with Crippen molar-refractivity contribution in [1.82, 2.24) is 19.0 Å². The molecular weight excluding hydrogens is 280 g/mol. The van der Waals surface area contributed by atoms with Crippen molar-refractivity contribution >= 4 is 11.7 Å². The van der Waals surface area contributed by atoms with E-state index >= 15 is 0 Å². The fourth-order valence-electron chi connectivity index (χ4n) is 1.48. The molecule has 0 fully saturated rings. The maximum Gasteiger partial charge on any atom is 0.245 e. The summed E-state index contributed by atoms with van der Waals surface area (Å²) in [6, 6.07) is 3.72. The Morgan fingerprint density at radius 2 is 2.25 bits per heavy atom. The SMILES string of the molecule is COc1ccc(CNCC(O)COc2cnsn2)cn1. The first kappa shape index (κ1) is 14.6. The molecule has 0 spiro atoms. The molecule has 8 heteroatoms. The highest BCUT2D eigenvalue weighted by Gasteiger charge is 2.06. The van der Waals surface area contributed by atoms with Crippen LogP contribution in [0.4, 0.5) is 0 Å². The molecule has 0 amide bonds. The number of aromatic nitrogens is 3. The van der Waals surface area contributed by atoms with Crippen molar-refractivity contribution in [2.45, 2.75) is 12.6 Å². The van der Waals surface area contributed by atoms with Crippen molar-refractivity contribution in [3.8, 4) is 11.8 Å². The van der Waals surface area contributed by atoms with Gasteiger partial charge >= 0.3 is 0 Å². The third-order valence-corrected chi connectivity index (χ3v) is 2.94. The van der Waals surface area contributed by atoms with Crippen molar-refractivity contribution in [3.63, 3.8) is 0 Å². The zero-order chi connectivity index (χ0) is 14.2. The second-order valence-electron chi connectivity index (χ2n) is 4.05. The Labute approximate surface area is 120 Å². The lowest BCUT2D eigenvalue weighted by atomic mass is 10.2. The van der Waals surface area contributed by atoms with Crippen LogP contribution in [0.1, 0.15) is 5.56 Å². The summed E-state index contributed by atoms with van der Waals surface area (Å²) in [6.07, 6.45) is 2.65. The van der Waals surface area contributed by atoms with E-state index in [0.717, 1.165) is 17.3 Å². The molecule has 20 heavy (non-hydrogen) atoms. The summed E-state index contributed by atoms with van der Waals surface area (Å²) < 4.78 is 17.9. The fourth-order valence-corrected chi connectivity index (χ4v) is 1.84. The van der Waals surface area contributed by atoms with E-state index < -0.39 is 6.10 Å². The standard InChI is InChI=1S/C12H16N4O3S/c1-18-11-3-2-9(5-14-11)4-13-6-10(17)8-19-12-7-15-20-16-12/h2-3,5,7,10,13,17H,4,6,8H2,1H3. The lowest BCUT2D eigenvalue weighted by Gasteiger charge is -2.11. The number of hydrogen-bond donors (Lipinski definition) is 2. The summed E-state index contributed by atoms with van der Waals surface area (Å²) in [5, 5.41) is 12.9. The van der Waals surface area contributed by atoms with Gasteiger partial charge in [0.05, 0.1) is 18.8 Å². The molecule has 2 aromatic rings. The Morgan fingerprint density at radius 3 is 2.90 bits per heavy atom. The van der Waals surface area contributed by atoms with Crippen LogP contribution in [0.3, 0.4) is 0 Å². The van der Waals surface area contributed by atoms with Gasteiger partial charge in [-0.15, -0.1) is 4.37 Å². The molecule has 0 radical (unpaired) electrons. The predicted molar refractivity (Wildman–Crippen MR) is 73.9 cm³/mol. The lowest BCUT2D eigenvalue weighted by molar-refractivity contribution is 0.104. The Balaban J connectivity index is 1.64. The maximum atomic E-state index is 9.74. The van der Waals surface area contributed by atoms with Gasteiger partial charge in [0.2, 0.25) is 11.8 Å². The number of aliphatic hydroxyl groups is 1. The first-order valence-corrected chi connectivity index (χ1v) is 6.79. The number of nitrogens with one attached hydrogen (secondary N) is 1. The van der Waals surface area contributed by atoms with Crippen molar-refractivity contribution in [2.75, 3.05) is 20.3 Å². The van der Waals surface area contributed by atoms with Crippen molar-refractivity contribution < 1.29 is 14.6 Å². The molecule has 2 aromatic heterocycles. The second kappa shape index (κ2) is 7.73. The van der Waals surface area contributed by atoms with E-state index in [2.05, 4.69) is 19.0 Å². The van der Waals surface area contributed by atoms with E-state index in [9.17, 15) is 5.11 Å². The number of ether oxygens (including phenoxy) is 2. The quantitative estimate of drug-likeness (QED) is 0.732. The number of nitrogens with zero attached hydrogens (tertiary/aromatic N) is 3. The van der Waals surface area contributed by atoms with Crippen LogP contribution in [0.15, 0.2) is 24.5 Å². The monoisotopic (exact) mass is 296 g/mol. The molecule has 0 aromatic carbocycles. The molecule has 0 aliphatic carbocycles. The largest absolute Gasteiger partial charge is 0.481 e. The summed E-state index contributed by atoms with van der Waals surface area (Å²) in [5.74, 6) is 1.02. The number of hydrogen-bond acceptors (Lipinski definition) is 8. The summed E-state index contributed by atoms with van der Waals surface area (Å²) in [7, 11) is 1.58. The highest BCUT2D eigenvalue weighted by atomic mass is 32.1. The van der Waals surface area contributed by atoms with Crippen LogP contribution in [0.5, 0.6) is 11.8 Å². The van der Waals surface area contributed by atoms with Gasteiger partial charge in [0.25, 0.3) is 0 Å². The van der Waals surface area contributed by atoms with E-state index in [0.29, 0.717) is 24.8 Å². The van der Waals surface area contributed by atoms with Gasteiger partial charge in [-0.05, 0) is 5.56 Å². The Morgan fingerprint density at radius 1 is 1.35 bits per heavy atom. The van der Waals surface area contributed by atoms with Crippen LogP contribution >= 0.6 is 11.7 Å². The van der Waals surface area contributed by atoms with Crippen molar-refractivity contribution in [2.24, 2.45) is 0 Å². The van der Waals surface area contributed by atoms with Crippen LogP contribution in [0, 0.1) is 0 Å². The topological polar surface area (TPSA) is 89.4 Å². The zero-order valence-corrected chi connectivity index (χ0v) is 11.8. The molecule has 2 heterocycles. The minimum absolute atomic E-state index is 0.180. The number of methoxy groups -OCH3 is 1. The predicted octanol–water partition coefficient (Wildman–Crippen LogP) is 0.471. The van der Waals surface area contributed by atoms with Crippen LogP contribution in [0.25, 0.3) is 0 Å². The Kier molecular flexibility index (Phi) is 5.66. The van der Waals surface area contributed by atoms with Crippen LogP contribution in [0.2, 0.25) is 0 Å². The van der Waals surface area contributed by atoms with Crippen LogP contribution < -0.4 is 14.8 Å². The molecule has 0 aliphatic rings. The van der Waals surface area contributed by atoms with Crippen molar-refractivity contribution in [1.29, 1.82) is 0 Å². The lowest BCUT2D eigenvalue weighted by Crippen LogP contribution is -2.31. The number of rotatable bonds is 8. The van der Waals surface area contributed by atoms with E-state index in [-0.39, 0.29) is 6.61 Å². The molecule has 2 N–H and O–H groups in total. The molecule has 0 aliphatic heterocycles. The minimum Gasteiger partial charge on any atom is -0.481 e. The second-order valence-corrected chi connectivity index (χ2v) is 4.61. The Hall–Kier alpha value is -1.77. The summed E-state index contributed by atoms with van der Waals surface area (Å²) in [4.78, 5) is 4.10. The van der Waals surface area contributed by atoms with E-state index in [1.165, 1.54) is 6.20 Å². The molecule has 0 saturated carbocycles. The normalized spacial score (nSPS) is 12.1. The van der Waals surface area contributed by atoms with Gasteiger partial charge in [-0.3, -0.25) is 0 Å². The minimum atomic E-state index is -0.608. The smallest absolute Gasteiger partial charge is 0.245 e. The molecule has 108 valence electrons. The summed E-state index contributed by atoms with van der Waals surface area (Å²) in [6.45, 7) is 1.22. The average molecular weight is 296 g/mol. The molecule has 2 rings (SSSR count). The first-order valence-electron chi connectivity index (χ1n) is 6.06. The van der Waals surface area contributed by atoms with Crippen LogP contribution in [-0.2, 0) is 6.54 Å². The molecule has 1 atom stereocenters. The van der Waals surface area contributed by atoms with Gasteiger partial charge < -0.3 is 19.9 Å². The van der Waals surface area contributed by atoms with Gasteiger partial charge in [0.15, 0.2) is 0 Å². The number of aliphatic hydroxyl groups excluding tert-OH is 1. The fraction of sp³-hybridized carbons (Fsp3) is 0.417. The summed E-state index contributed by atoms with van der Waals surface area (Å²) >= 11 is 1.07. The number of pyridine rings is 1. The Bertz CT molecular complexity index is 492. The van der Waals surface area contributed by atoms with Gasteiger partial charge in [0.1, 0.15) is 18.9 Å². The van der Waals surface area contributed by atoms with E-state index in [1.54, 1.807) is 19.4 Å². The highest BCUT2D eigenvalue weighted by molar-refractivity contribution is 6.99. The van der Waals surface area contributed by atoms with Crippen LogP contribution in [-0.4, -0.2) is 45.2 Å². The molecular formula is C12H16N4O3S. The third kappa shape index (κ3) is 4.72. The van der Waals surface area contributed by atoms with Gasteiger partial charge in [0, 0.05) is 25.4 Å². The molecule has 1 unspecified atom stereocenters. The van der Waals surface area contributed by atoms with Gasteiger partial charge in [-0.2, -0.15) is 4.37 Å². The maximum absolute atomic E-state index is 9.74. The summed E-state index contributed by atoms with van der Waals surface area (Å²) in [5.41, 5.74) is 1.02. The first-order chi connectivity index (χ1) is 9.78. The average Bonchev–Trinajstić information content (AvgIpc) is 2.99.